The Morgan fingerprint density at radius 1 is 0.582 bits per heavy atom. The van der Waals surface area contributed by atoms with Gasteiger partial charge in [0, 0.05) is 12.8 Å². The van der Waals surface area contributed by atoms with Crippen molar-refractivity contribution in [1.29, 1.82) is 0 Å². The zero-order valence-corrected chi connectivity index (χ0v) is 35.1. The van der Waals surface area contributed by atoms with Crippen molar-refractivity contribution >= 4 is 25.7 Å². The molecule has 0 aliphatic carbocycles. The van der Waals surface area contributed by atoms with Crippen molar-refractivity contribution in [2.75, 3.05) is 19.8 Å². The molecule has 0 aromatic heterocycles. The lowest BCUT2D eigenvalue weighted by Crippen LogP contribution is -2.43. The molecule has 0 aromatic rings. The second kappa shape index (κ2) is 38.3. The Hall–Kier alpha value is -2.56. The van der Waals surface area contributed by atoms with Gasteiger partial charge in [0.05, 0.1) is 13.2 Å². The highest BCUT2D eigenvalue weighted by Crippen LogP contribution is 2.43. The number of carbonyl (C=O) groups excluding carboxylic acids is 2. The van der Waals surface area contributed by atoms with Crippen LogP contribution in [0.25, 0.3) is 0 Å². The van der Waals surface area contributed by atoms with Crippen molar-refractivity contribution in [2.45, 2.75) is 187 Å². The fourth-order valence-electron chi connectivity index (χ4n) is 5.53. The van der Waals surface area contributed by atoms with E-state index in [2.05, 4.69) is 67.8 Å². The molecule has 0 aliphatic heterocycles. The molecule has 318 valence electrons. The summed E-state index contributed by atoms with van der Waals surface area (Å²) in [4.78, 5) is 45.6. The van der Waals surface area contributed by atoms with Crippen LogP contribution < -0.4 is 5.32 Å². The minimum atomic E-state index is -4.75. The average Bonchev–Trinajstić information content (AvgIpc) is 3.16. The van der Waals surface area contributed by atoms with Crippen LogP contribution in [0.2, 0.25) is 0 Å². The number of carboxylic acid groups (broad SMARTS) is 1. The molecule has 0 aromatic carbocycles. The van der Waals surface area contributed by atoms with E-state index in [1.807, 2.05) is 0 Å². The molecule has 0 heterocycles. The number of aliphatic hydroxyl groups is 1. The summed E-state index contributed by atoms with van der Waals surface area (Å²) in [5, 5.41) is 21.7. The number of aliphatic carboxylic acids is 1. The van der Waals surface area contributed by atoms with Crippen molar-refractivity contribution in [3.05, 3.63) is 48.6 Å². The normalized spacial score (nSPS) is 14.3. The van der Waals surface area contributed by atoms with E-state index in [9.17, 15) is 34.1 Å². The van der Waals surface area contributed by atoms with E-state index in [1.54, 1.807) is 0 Å². The Balaban J connectivity index is 3.86. The Morgan fingerprint density at radius 2 is 1.00 bits per heavy atom. The molecule has 0 aliphatic rings. The Kier molecular flexibility index (Phi) is 36.5. The molecule has 0 spiro atoms. The van der Waals surface area contributed by atoms with Crippen LogP contribution >= 0.6 is 7.82 Å². The number of allylic oxidation sites excluding steroid dienone is 8. The SMILES string of the molecule is CCCCC/C=C\C/C=C\C/C=C\C/C=C\CCCCCCCCCC(=O)OCC(O)COP(=O)(O)OCC(NC(=O)CCCCCCCCCC)C(=O)O. The number of hydrogen-bond donors (Lipinski definition) is 4. The summed E-state index contributed by atoms with van der Waals surface area (Å²) in [5.41, 5.74) is 0. The van der Waals surface area contributed by atoms with Gasteiger partial charge in [0.1, 0.15) is 12.7 Å². The molecule has 12 heteroatoms. The van der Waals surface area contributed by atoms with E-state index >= 15 is 0 Å². The first-order valence-corrected chi connectivity index (χ1v) is 22.7. The van der Waals surface area contributed by atoms with E-state index in [-0.39, 0.29) is 12.8 Å². The minimum absolute atomic E-state index is 0.144. The second-order valence-corrected chi connectivity index (χ2v) is 15.6. The summed E-state index contributed by atoms with van der Waals surface area (Å²) in [6.07, 6.45) is 41.6. The van der Waals surface area contributed by atoms with Crippen LogP contribution in [0.4, 0.5) is 0 Å². The summed E-state index contributed by atoms with van der Waals surface area (Å²) in [6, 6.07) is -1.54. The van der Waals surface area contributed by atoms with Gasteiger partial charge in [-0.05, 0) is 57.8 Å². The van der Waals surface area contributed by atoms with Gasteiger partial charge in [0.25, 0.3) is 0 Å². The van der Waals surface area contributed by atoms with Gasteiger partial charge in [-0.15, -0.1) is 0 Å². The van der Waals surface area contributed by atoms with Crippen molar-refractivity contribution in [2.24, 2.45) is 0 Å². The van der Waals surface area contributed by atoms with E-state index in [0.717, 1.165) is 70.6 Å². The highest BCUT2D eigenvalue weighted by molar-refractivity contribution is 7.47. The van der Waals surface area contributed by atoms with Crippen LogP contribution in [0.1, 0.15) is 174 Å². The summed E-state index contributed by atoms with van der Waals surface area (Å²) >= 11 is 0. The molecule has 0 radical (unpaired) electrons. The van der Waals surface area contributed by atoms with Gasteiger partial charge in [-0.1, -0.05) is 152 Å². The number of carbonyl (C=O) groups is 3. The highest BCUT2D eigenvalue weighted by Gasteiger charge is 2.28. The quantitative estimate of drug-likeness (QED) is 0.0203. The number of aliphatic hydroxyl groups excluding tert-OH is 1. The fraction of sp³-hybridized carbons (Fsp3) is 0.744. The third-order valence-corrected chi connectivity index (χ3v) is 9.82. The van der Waals surface area contributed by atoms with Gasteiger partial charge >= 0.3 is 19.8 Å². The van der Waals surface area contributed by atoms with Gasteiger partial charge in [-0.2, -0.15) is 0 Å². The van der Waals surface area contributed by atoms with Crippen LogP contribution in [-0.2, 0) is 32.7 Å². The molecule has 1 amide bonds. The molecule has 55 heavy (non-hydrogen) atoms. The molecule has 11 nitrogen and oxygen atoms in total. The maximum absolute atomic E-state index is 12.2. The highest BCUT2D eigenvalue weighted by atomic mass is 31.2. The molecule has 0 bridgehead atoms. The number of amides is 1. The standard InChI is InChI=1S/C43H76NO10P/c1-3-5-7-9-11-13-14-15-16-17-18-19-20-21-22-23-24-25-26-27-29-31-33-35-42(47)52-36-39(45)37-53-55(50,51)54-38-40(43(48)49)44-41(46)34-32-30-28-12-10-8-6-4-2/h11,13,15-16,18-19,21-22,39-40,45H,3-10,12,14,17,20,23-38H2,1-2H3,(H,44,46)(H,48,49)(H,50,51)/b13-11-,16-15-,19-18-,22-21-. The number of esters is 1. The van der Waals surface area contributed by atoms with Gasteiger partial charge in [0.2, 0.25) is 5.91 Å². The van der Waals surface area contributed by atoms with Crippen LogP contribution in [0.5, 0.6) is 0 Å². The topological polar surface area (TPSA) is 169 Å². The number of phosphoric ester groups is 1. The van der Waals surface area contributed by atoms with Crippen molar-refractivity contribution in [3.8, 4) is 0 Å². The van der Waals surface area contributed by atoms with Crippen LogP contribution in [0.15, 0.2) is 48.6 Å². The van der Waals surface area contributed by atoms with Gasteiger partial charge in [0.15, 0.2) is 6.04 Å². The summed E-state index contributed by atoms with van der Waals surface area (Å²) in [6.45, 7) is 2.49. The lowest BCUT2D eigenvalue weighted by atomic mass is 10.1. The Morgan fingerprint density at radius 3 is 1.53 bits per heavy atom. The summed E-state index contributed by atoms with van der Waals surface area (Å²) in [7, 11) is -4.75. The monoisotopic (exact) mass is 798 g/mol. The molecule has 4 N–H and O–H groups in total. The number of ether oxygens (including phenoxy) is 1. The lowest BCUT2D eigenvalue weighted by Gasteiger charge is -2.18. The zero-order valence-electron chi connectivity index (χ0n) is 34.2. The predicted octanol–water partition coefficient (Wildman–Crippen LogP) is 10.6. The van der Waals surface area contributed by atoms with Crippen LogP contribution in [0.3, 0.4) is 0 Å². The molecular formula is C43H76NO10P. The minimum Gasteiger partial charge on any atom is -0.480 e. The zero-order chi connectivity index (χ0) is 40.7. The van der Waals surface area contributed by atoms with Crippen LogP contribution in [0, 0.1) is 0 Å². The molecule has 0 saturated heterocycles. The van der Waals surface area contributed by atoms with E-state index in [1.165, 1.54) is 64.2 Å². The Labute approximate surface area is 333 Å². The second-order valence-electron chi connectivity index (χ2n) is 14.2. The maximum atomic E-state index is 12.2. The van der Waals surface area contributed by atoms with Crippen molar-refractivity contribution in [3.63, 3.8) is 0 Å². The first-order valence-electron chi connectivity index (χ1n) is 21.2. The summed E-state index contributed by atoms with van der Waals surface area (Å²) < 4.78 is 26.7. The first kappa shape index (κ1) is 52.4. The molecule has 3 atom stereocenters. The Bertz CT molecular complexity index is 1120. The van der Waals surface area contributed by atoms with E-state index in [0.29, 0.717) is 12.8 Å². The average molecular weight is 798 g/mol. The van der Waals surface area contributed by atoms with Crippen molar-refractivity contribution < 1.29 is 47.8 Å². The number of carboxylic acids is 1. The summed E-state index contributed by atoms with van der Waals surface area (Å²) in [5.74, 6) is -2.39. The van der Waals surface area contributed by atoms with Gasteiger partial charge in [-0.25, -0.2) is 9.36 Å². The van der Waals surface area contributed by atoms with Gasteiger partial charge in [-0.3, -0.25) is 18.6 Å². The third-order valence-electron chi connectivity index (χ3n) is 8.87. The number of phosphoric acid groups is 1. The smallest absolute Gasteiger partial charge is 0.472 e. The van der Waals surface area contributed by atoms with Crippen LogP contribution in [-0.4, -0.2) is 64.9 Å². The number of nitrogens with one attached hydrogen (secondary N) is 1. The fourth-order valence-corrected chi connectivity index (χ4v) is 6.31. The number of rotatable bonds is 39. The number of hydrogen-bond acceptors (Lipinski definition) is 8. The maximum Gasteiger partial charge on any atom is 0.472 e. The van der Waals surface area contributed by atoms with Crippen molar-refractivity contribution in [1.82, 2.24) is 5.32 Å². The molecule has 0 saturated carbocycles. The van der Waals surface area contributed by atoms with E-state index in [4.69, 9.17) is 13.8 Å². The molecule has 0 rings (SSSR count). The molecule has 0 fully saturated rings. The molecule has 3 unspecified atom stereocenters. The molecular weight excluding hydrogens is 721 g/mol. The lowest BCUT2D eigenvalue weighted by molar-refractivity contribution is -0.147. The largest absolute Gasteiger partial charge is 0.480 e. The van der Waals surface area contributed by atoms with Gasteiger partial charge < -0.3 is 25.2 Å². The first-order chi connectivity index (χ1) is 26.6. The van der Waals surface area contributed by atoms with E-state index < -0.39 is 57.6 Å². The number of unbranched alkanes of at least 4 members (excludes halogenated alkanes) is 17. The third kappa shape index (κ3) is 38.1. The predicted molar refractivity (Wildman–Crippen MR) is 222 cm³/mol.